The Hall–Kier alpha value is -0.820. The van der Waals surface area contributed by atoms with Gasteiger partial charge in [-0.05, 0) is 43.9 Å². The molecule has 0 bridgehead atoms. The summed E-state index contributed by atoms with van der Waals surface area (Å²) in [6.45, 7) is 7.73. The van der Waals surface area contributed by atoms with Crippen LogP contribution in [0, 0.1) is 0 Å². The van der Waals surface area contributed by atoms with Gasteiger partial charge in [0, 0.05) is 6.04 Å². The van der Waals surface area contributed by atoms with Gasteiger partial charge in [0.25, 0.3) is 0 Å². The number of hydrogen-bond acceptors (Lipinski definition) is 1. The predicted octanol–water partition coefficient (Wildman–Crippen LogP) is 3.57. The van der Waals surface area contributed by atoms with Crippen LogP contribution in [0.2, 0.25) is 0 Å². The van der Waals surface area contributed by atoms with Crippen LogP contribution in [-0.2, 0) is 12.8 Å². The standard InChI is InChI=1S/C15H25N/c1-4-7-14-8-6-9-15(12-14)11-10-13(3)16-5-2/h6,8-9,12-13,16H,4-5,7,10-11H2,1-3H3. The summed E-state index contributed by atoms with van der Waals surface area (Å²) in [4.78, 5) is 0. The molecule has 1 N–H and O–H groups in total. The van der Waals surface area contributed by atoms with E-state index < -0.39 is 0 Å². The molecule has 0 saturated carbocycles. The van der Waals surface area contributed by atoms with Gasteiger partial charge in [-0.2, -0.15) is 0 Å². The van der Waals surface area contributed by atoms with E-state index in [-0.39, 0.29) is 0 Å². The summed E-state index contributed by atoms with van der Waals surface area (Å²) in [5, 5.41) is 3.46. The highest BCUT2D eigenvalue weighted by atomic mass is 14.9. The van der Waals surface area contributed by atoms with Gasteiger partial charge in [0.05, 0.1) is 0 Å². The second-order valence-electron chi connectivity index (χ2n) is 4.57. The Bertz CT molecular complexity index is 293. The van der Waals surface area contributed by atoms with Crippen molar-refractivity contribution in [2.45, 2.75) is 52.5 Å². The maximum absolute atomic E-state index is 3.46. The molecule has 1 atom stereocenters. The van der Waals surface area contributed by atoms with Crippen LogP contribution in [0.4, 0.5) is 0 Å². The minimum atomic E-state index is 0.625. The fraction of sp³-hybridized carbons (Fsp3) is 0.600. The first-order valence-electron chi connectivity index (χ1n) is 6.57. The van der Waals surface area contributed by atoms with Crippen LogP contribution < -0.4 is 5.32 Å². The lowest BCUT2D eigenvalue weighted by atomic mass is 10.0. The zero-order chi connectivity index (χ0) is 11.8. The first-order chi connectivity index (χ1) is 7.76. The first-order valence-corrected chi connectivity index (χ1v) is 6.57. The van der Waals surface area contributed by atoms with Gasteiger partial charge < -0.3 is 5.32 Å². The molecule has 1 rings (SSSR count). The highest BCUT2D eigenvalue weighted by molar-refractivity contribution is 5.23. The Balaban J connectivity index is 2.44. The van der Waals surface area contributed by atoms with Crippen molar-refractivity contribution in [1.82, 2.24) is 5.32 Å². The van der Waals surface area contributed by atoms with Gasteiger partial charge in [0.2, 0.25) is 0 Å². The molecule has 0 amide bonds. The molecule has 16 heavy (non-hydrogen) atoms. The van der Waals surface area contributed by atoms with E-state index in [1.54, 1.807) is 0 Å². The van der Waals surface area contributed by atoms with Crippen molar-refractivity contribution in [1.29, 1.82) is 0 Å². The van der Waals surface area contributed by atoms with Crippen molar-refractivity contribution in [3.63, 3.8) is 0 Å². The molecule has 1 unspecified atom stereocenters. The summed E-state index contributed by atoms with van der Waals surface area (Å²) < 4.78 is 0. The molecule has 0 radical (unpaired) electrons. The summed E-state index contributed by atoms with van der Waals surface area (Å²) in [6, 6.07) is 9.67. The van der Waals surface area contributed by atoms with E-state index in [0.29, 0.717) is 6.04 Å². The van der Waals surface area contributed by atoms with Crippen molar-refractivity contribution >= 4 is 0 Å². The molecule has 0 aliphatic carbocycles. The van der Waals surface area contributed by atoms with Crippen LogP contribution in [0.3, 0.4) is 0 Å². The number of rotatable bonds is 7. The number of nitrogens with one attached hydrogen (secondary N) is 1. The minimum absolute atomic E-state index is 0.625. The van der Waals surface area contributed by atoms with Crippen LogP contribution in [0.5, 0.6) is 0 Å². The third-order valence-corrected chi connectivity index (χ3v) is 2.95. The summed E-state index contributed by atoms with van der Waals surface area (Å²) in [5.74, 6) is 0. The highest BCUT2D eigenvalue weighted by Crippen LogP contribution is 2.10. The second kappa shape index (κ2) is 7.45. The maximum Gasteiger partial charge on any atom is 0.00417 e. The molecule has 0 heterocycles. The van der Waals surface area contributed by atoms with Gasteiger partial charge in [0.15, 0.2) is 0 Å². The van der Waals surface area contributed by atoms with Crippen molar-refractivity contribution in [3.8, 4) is 0 Å². The Morgan fingerprint density at radius 1 is 1.12 bits per heavy atom. The molecule has 0 spiro atoms. The summed E-state index contributed by atoms with van der Waals surface area (Å²) in [5.41, 5.74) is 2.96. The van der Waals surface area contributed by atoms with E-state index >= 15 is 0 Å². The van der Waals surface area contributed by atoms with E-state index in [1.807, 2.05) is 0 Å². The van der Waals surface area contributed by atoms with Gasteiger partial charge in [0.1, 0.15) is 0 Å². The lowest BCUT2D eigenvalue weighted by Gasteiger charge is -2.12. The molecular weight excluding hydrogens is 194 g/mol. The second-order valence-corrected chi connectivity index (χ2v) is 4.57. The fourth-order valence-corrected chi connectivity index (χ4v) is 2.06. The zero-order valence-electron chi connectivity index (χ0n) is 10.9. The van der Waals surface area contributed by atoms with Crippen LogP contribution in [0.1, 0.15) is 44.7 Å². The summed E-state index contributed by atoms with van der Waals surface area (Å²) in [7, 11) is 0. The quantitative estimate of drug-likeness (QED) is 0.739. The Morgan fingerprint density at radius 2 is 1.81 bits per heavy atom. The Labute approximate surface area is 100 Å². The molecule has 1 nitrogen and oxygen atoms in total. The number of aryl methyl sites for hydroxylation is 2. The monoisotopic (exact) mass is 219 g/mol. The van der Waals surface area contributed by atoms with Crippen LogP contribution >= 0.6 is 0 Å². The molecule has 0 aromatic heterocycles. The molecule has 0 aliphatic heterocycles. The van der Waals surface area contributed by atoms with Gasteiger partial charge in [-0.3, -0.25) is 0 Å². The van der Waals surface area contributed by atoms with Crippen LogP contribution in [0.15, 0.2) is 24.3 Å². The van der Waals surface area contributed by atoms with Gasteiger partial charge >= 0.3 is 0 Å². The molecule has 1 aromatic rings. The van der Waals surface area contributed by atoms with E-state index in [0.717, 1.165) is 6.54 Å². The van der Waals surface area contributed by atoms with Gasteiger partial charge in [-0.25, -0.2) is 0 Å². The number of hydrogen-bond donors (Lipinski definition) is 1. The van der Waals surface area contributed by atoms with Crippen molar-refractivity contribution < 1.29 is 0 Å². The van der Waals surface area contributed by atoms with E-state index in [1.165, 1.54) is 36.8 Å². The van der Waals surface area contributed by atoms with Crippen LogP contribution in [-0.4, -0.2) is 12.6 Å². The maximum atomic E-state index is 3.46. The van der Waals surface area contributed by atoms with Crippen LogP contribution in [0.25, 0.3) is 0 Å². The lowest BCUT2D eigenvalue weighted by Crippen LogP contribution is -2.25. The predicted molar refractivity (Wildman–Crippen MR) is 71.9 cm³/mol. The molecule has 0 saturated heterocycles. The third kappa shape index (κ3) is 4.80. The largest absolute Gasteiger partial charge is 0.315 e. The first kappa shape index (κ1) is 13.2. The summed E-state index contributed by atoms with van der Waals surface area (Å²) in [6.07, 6.45) is 4.85. The van der Waals surface area contributed by atoms with Gasteiger partial charge in [-0.1, -0.05) is 44.5 Å². The Morgan fingerprint density at radius 3 is 2.44 bits per heavy atom. The van der Waals surface area contributed by atoms with Crippen molar-refractivity contribution in [2.75, 3.05) is 6.54 Å². The smallest absolute Gasteiger partial charge is 0.00417 e. The molecule has 1 aromatic carbocycles. The zero-order valence-corrected chi connectivity index (χ0v) is 10.9. The average molecular weight is 219 g/mol. The van der Waals surface area contributed by atoms with Gasteiger partial charge in [-0.15, -0.1) is 0 Å². The van der Waals surface area contributed by atoms with E-state index in [9.17, 15) is 0 Å². The number of benzene rings is 1. The minimum Gasteiger partial charge on any atom is -0.315 e. The SMILES string of the molecule is CCCc1cccc(CCC(C)NCC)c1. The van der Waals surface area contributed by atoms with Crippen molar-refractivity contribution in [3.05, 3.63) is 35.4 Å². The fourth-order valence-electron chi connectivity index (χ4n) is 2.06. The summed E-state index contributed by atoms with van der Waals surface area (Å²) >= 11 is 0. The molecule has 0 fully saturated rings. The topological polar surface area (TPSA) is 12.0 Å². The van der Waals surface area contributed by atoms with E-state index in [2.05, 4.69) is 50.4 Å². The van der Waals surface area contributed by atoms with Crippen molar-refractivity contribution in [2.24, 2.45) is 0 Å². The normalized spacial score (nSPS) is 12.7. The molecule has 1 heteroatoms. The molecule has 0 aliphatic rings. The molecule has 90 valence electrons. The third-order valence-electron chi connectivity index (χ3n) is 2.95. The molecular formula is C15H25N. The lowest BCUT2D eigenvalue weighted by molar-refractivity contribution is 0.530. The van der Waals surface area contributed by atoms with E-state index in [4.69, 9.17) is 0 Å². The Kier molecular flexibility index (Phi) is 6.17. The highest BCUT2D eigenvalue weighted by Gasteiger charge is 2.01. The average Bonchev–Trinajstić information content (AvgIpc) is 2.28.